The lowest BCUT2D eigenvalue weighted by Crippen LogP contribution is -2.22. The Morgan fingerprint density at radius 1 is 0.960 bits per heavy atom. The molecule has 0 amide bonds. The Morgan fingerprint density at radius 2 is 1.68 bits per heavy atom. The molecule has 25 heavy (non-hydrogen) atoms. The first-order chi connectivity index (χ1) is 12.2. The van der Waals surface area contributed by atoms with Crippen LogP contribution < -0.4 is 5.11 Å². The second kappa shape index (κ2) is 6.23. The zero-order valence-electron chi connectivity index (χ0n) is 12.8. The van der Waals surface area contributed by atoms with Crippen molar-refractivity contribution in [3.8, 4) is 20.3 Å². The Kier molecular flexibility index (Phi) is 3.91. The standard InChI is InChI=1S/C19H11NO3S2/c21-10-11-5-6-17(24-11)18-8-7-16(25-18)15-9-13(19(22)23)12-3-1-2-4-14(12)20-15/h1-10H,(H,22,23)/p-1. The number of benzene rings is 1. The summed E-state index contributed by atoms with van der Waals surface area (Å²) in [7, 11) is 0. The molecule has 0 aliphatic carbocycles. The zero-order chi connectivity index (χ0) is 17.4. The fraction of sp³-hybridized carbons (Fsp3) is 0. The van der Waals surface area contributed by atoms with Crippen molar-refractivity contribution in [3.05, 3.63) is 65.0 Å². The highest BCUT2D eigenvalue weighted by molar-refractivity contribution is 7.24. The average molecular weight is 364 g/mol. The van der Waals surface area contributed by atoms with Gasteiger partial charge in [0.25, 0.3) is 0 Å². The summed E-state index contributed by atoms with van der Waals surface area (Å²) in [5.74, 6) is -1.22. The van der Waals surface area contributed by atoms with Gasteiger partial charge in [0.1, 0.15) is 0 Å². The van der Waals surface area contributed by atoms with E-state index in [4.69, 9.17) is 0 Å². The van der Waals surface area contributed by atoms with Crippen molar-refractivity contribution in [2.24, 2.45) is 0 Å². The van der Waals surface area contributed by atoms with Crippen molar-refractivity contribution < 1.29 is 14.7 Å². The van der Waals surface area contributed by atoms with Crippen LogP contribution in [0.5, 0.6) is 0 Å². The van der Waals surface area contributed by atoms with Crippen molar-refractivity contribution in [2.75, 3.05) is 0 Å². The number of carbonyl (C=O) groups excluding carboxylic acids is 2. The largest absolute Gasteiger partial charge is 0.545 e. The molecule has 0 saturated heterocycles. The van der Waals surface area contributed by atoms with Crippen LogP contribution in [0.15, 0.2) is 54.6 Å². The number of thiophene rings is 2. The van der Waals surface area contributed by atoms with E-state index in [0.29, 0.717) is 21.5 Å². The number of aromatic nitrogens is 1. The Balaban J connectivity index is 1.82. The lowest BCUT2D eigenvalue weighted by atomic mass is 10.1. The molecule has 0 atom stereocenters. The van der Waals surface area contributed by atoms with Gasteiger partial charge in [-0.15, -0.1) is 22.7 Å². The van der Waals surface area contributed by atoms with Crippen LogP contribution in [0.1, 0.15) is 20.0 Å². The first kappa shape index (κ1) is 15.7. The lowest BCUT2D eigenvalue weighted by molar-refractivity contribution is -0.254. The van der Waals surface area contributed by atoms with Gasteiger partial charge in [-0.05, 0) is 36.4 Å². The normalized spacial score (nSPS) is 10.9. The summed E-state index contributed by atoms with van der Waals surface area (Å²) >= 11 is 2.93. The number of carboxylic acid groups (broad SMARTS) is 1. The van der Waals surface area contributed by atoms with E-state index in [2.05, 4.69) is 4.98 Å². The van der Waals surface area contributed by atoms with Gasteiger partial charge in [-0.25, -0.2) is 4.98 Å². The van der Waals surface area contributed by atoms with Gasteiger partial charge in [0.2, 0.25) is 0 Å². The van der Waals surface area contributed by atoms with E-state index in [0.717, 1.165) is 20.9 Å². The molecule has 1 aromatic carbocycles. The number of hydrogen-bond acceptors (Lipinski definition) is 6. The molecule has 0 bridgehead atoms. The van der Waals surface area contributed by atoms with Crippen LogP contribution in [0, 0.1) is 0 Å². The van der Waals surface area contributed by atoms with Gasteiger partial charge >= 0.3 is 0 Å². The number of rotatable bonds is 4. The Bertz CT molecular complexity index is 1110. The van der Waals surface area contributed by atoms with Crippen molar-refractivity contribution in [3.63, 3.8) is 0 Å². The quantitative estimate of drug-likeness (QED) is 0.516. The summed E-state index contributed by atoms with van der Waals surface area (Å²) in [4.78, 5) is 30.5. The van der Waals surface area contributed by atoms with E-state index in [1.807, 2.05) is 24.3 Å². The topological polar surface area (TPSA) is 70.1 Å². The minimum absolute atomic E-state index is 0.134. The predicted octanol–water partition coefficient (Wildman–Crippen LogP) is 3.87. The van der Waals surface area contributed by atoms with E-state index in [-0.39, 0.29) is 5.56 Å². The third-order valence-electron chi connectivity index (χ3n) is 3.78. The first-order valence-corrected chi connectivity index (χ1v) is 9.06. The molecule has 0 aliphatic heterocycles. The number of nitrogens with zero attached hydrogens (tertiary/aromatic N) is 1. The summed E-state index contributed by atoms with van der Waals surface area (Å²) in [6.07, 6.45) is 0.833. The molecule has 3 aromatic heterocycles. The van der Waals surface area contributed by atoms with Crippen LogP contribution in [-0.2, 0) is 0 Å². The summed E-state index contributed by atoms with van der Waals surface area (Å²) in [6, 6.07) is 16.2. The number of aromatic carboxylic acids is 1. The number of hydrogen-bond donors (Lipinski definition) is 0. The highest BCUT2D eigenvalue weighted by atomic mass is 32.1. The third kappa shape index (κ3) is 2.86. The maximum Gasteiger partial charge on any atom is 0.160 e. The molecule has 6 heteroatoms. The number of para-hydroxylation sites is 1. The van der Waals surface area contributed by atoms with Crippen LogP contribution >= 0.6 is 22.7 Å². The molecule has 0 aliphatic rings. The molecule has 0 N–H and O–H groups in total. The lowest BCUT2D eigenvalue weighted by Gasteiger charge is -2.09. The van der Waals surface area contributed by atoms with Gasteiger partial charge in [0.15, 0.2) is 6.29 Å². The van der Waals surface area contributed by atoms with Crippen LogP contribution in [0.25, 0.3) is 31.2 Å². The molecule has 4 rings (SSSR count). The SMILES string of the molecule is O=Cc1ccc(-c2ccc(-c3cc(C(=O)[O-])c4ccccc4n3)s2)s1. The number of pyridine rings is 1. The molecular weight excluding hydrogens is 354 g/mol. The van der Waals surface area contributed by atoms with E-state index in [9.17, 15) is 14.7 Å². The van der Waals surface area contributed by atoms with Crippen molar-refractivity contribution >= 4 is 45.8 Å². The number of aldehydes is 1. The minimum Gasteiger partial charge on any atom is -0.545 e. The molecule has 4 nitrogen and oxygen atoms in total. The summed E-state index contributed by atoms with van der Waals surface area (Å²) in [5.41, 5.74) is 1.35. The summed E-state index contributed by atoms with van der Waals surface area (Å²) < 4.78 is 0. The summed E-state index contributed by atoms with van der Waals surface area (Å²) in [6.45, 7) is 0. The van der Waals surface area contributed by atoms with Crippen molar-refractivity contribution in [1.29, 1.82) is 0 Å². The van der Waals surface area contributed by atoms with Crippen LogP contribution in [0.2, 0.25) is 0 Å². The second-order valence-corrected chi connectivity index (χ2v) is 7.54. The number of carboxylic acids is 1. The monoisotopic (exact) mass is 364 g/mol. The number of carbonyl (C=O) groups is 2. The molecule has 0 unspecified atom stereocenters. The van der Waals surface area contributed by atoms with Crippen molar-refractivity contribution in [1.82, 2.24) is 4.98 Å². The maximum atomic E-state index is 11.5. The Labute approximate surface area is 151 Å². The van der Waals surface area contributed by atoms with E-state index < -0.39 is 5.97 Å². The molecule has 4 aromatic rings. The minimum atomic E-state index is -1.22. The Hall–Kier alpha value is -2.83. The molecule has 0 spiro atoms. The highest BCUT2D eigenvalue weighted by Crippen LogP contribution is 2.37. The molecule has 0 saturated carbocycles. The zero-order valence-corrected chi connectivity index (χ0v) is 14.4. The smallest absolute Gasteiger partial charge is 0.160 e. The number of fused-ring (bicyclic) bond motifs is 1. The molecular formula is C19H10NO3S2-. The van der Waals surface area contributed by atoms with Gasteiger partial charge in [-0.2, -0.15) is 0 Å². The molecule has 0 fully saturated rings. The molecule has 122 valence electrons. The van der Waals surface area contributed by atoms with E-state index in [1.165, 1.54) is 22.7 Å². The fourth-order valence-electron chi connectivity index (χ4n) is 2.63. The second-order valence-electron chi connectivity index (χ2n) is 5.34. The molecule has 3 heterocycles. The van der Waals surface area contributed by atoms with Gasteiger partial charge < -0.3 is 9.90 Å². The van der Waals surface area contributed by atoms with Crippen LogP contribution in [-0.4, -0.2) is 17.2 Å². The van der Waals surface area contributed by atoms with Gasteiger partial charge in [-0.1, -0.05) is 18.2 Å². The van der Waals surface area contributed by atoms with Crippen LogP contribution in [0.3, 0.4) is 0 Å². The van der Waals surface area contributed by atoms with Gasteiger partial charge in [-0.3, -0.25) is 4.79 Å². The fourth-order valence-corrected chi connectivity index (χ4v) is 4.51. The van der Waals surface area contributed by atoms with E-state index >= 15 is 0 Å². The van der Waals surface area contributed by atoms with Crippen molar-refractivity contribution in [2.45, 2.75) is 0 Å². The first-order valence-electron chi connectivity index (χ1n) is 7.42. The van der Waals surface area contributed by atoms with E-state index in [1.54, 1.807) is 30.3 Å². The summed E-state index contributed by atoms with van der Waals surface area (Å²) in [5, 5.41) is 12.1. The van der Waals surface area contributed by atoms with Gasteiger partial charge in [0, 0.05) is 20.7 Å². The highest BCUT2D eigenvalue weighted by Gasteiger charge is 2.12. The maximum absolute atomic E-state index is 11.5. The average Bonchev–Trinajstić information content (AvgIpc) is 3.29. The Morgan fingerprint density at radius 3 is 2.44 bits per heavy atom. The van der Waals surface area contributed by atoms with Gasteiger partial charge in [0.05, 0.1) is 26.9 Å². The van der Waals surface area contributed by atoms with Crippen LogP contribution in [0.4, 0.5) is 0 Å². The third-order valence-corrected chi connectivity index (χ3v) is 6.09. The molecule has 0 radical (unpaired) electrons. The predicted molar refractivity (Wildman–Crippen MR) is 98.1 cm³/mol.